The van der Waals surface area contributed by atoms with Crippen molar-refractivity contribution in [3.63, 3.8) is 0 Å². The predicted molar refractivity (Wildman–Crippen MR) is 93.7 cm³/mol. The van der Waals surface area contributed by atoms with Crippen LogP contribution < -0.4 is 10.2 Å². The van der Waals surface area contributed by atoms with Crippen LogP contribution >= 0.6 is 0 Å². The van der Waals surface area contributed by atoms with Crippen molar-refractivity contribution in [1.82, 2.24) is 5.32 Å². The highest BCUT2D eigenvalue weighted by Gasteiger charge is 2.32. The van der Waals surface area contributed by atoms with E-state index >= 15 is 0 Å². The van der Waals surface area contributed by atoms with E-state index in [1.54, 1.807) is 0 Å². The Morgan fingerprint density at radius 3 is 2.70 bits per heavy atom. The highest BCUT2D eigenvalue weighted by atomic mass is 16.3. The maximum atomic E-state index is 12.7. The molecule has 0 aromatic heterocycles. The van der Waals surface area contributed by atoms with E-state index in [0.717, 1.165) is 16.6 Å². The molecule has 3 rings (SSSR count). The molecule has 2 N–H and O–H groups in total. The number of nitrogens with zero attached hydrogens (tertiary/aromatic N) is 1. The van der Waals surface area contributed by atoms with E-state index < -0.39 is 0 Å². The second-order valence-corrected chi connectivity index (χ2v) is 6.69. The maximum Gasteiger partial charge on any atom is 0.243 e. The van der Waals surface area contributed by atoms with Crippen LogP contribution in [0.5, 0.6) is 0 Å². The van der Waals surface area contributed by atoms with Crippen LogP contribution in [0.4, 0.5) is 5.69 Å². The molecule has 2 atom stereocenters. The maximum absolute atomic E-state index is 12.7. The van der Waals surface area contributed by atoms with E-state index in [2.05, 4.69) is 48.3 Å². The van der Waals surface area contributed by atoms with Crippen molar-refractivity contribution >= 4 is 22.4 Å². The second-order valence-electron chi connectivity index (χ2n) is 6.69. The molecule has 4 heteroatoms. The van der Waals surface area contributed by atoms with Gasteiger partial charge in [0.05, 0.1) is 12.6 Å². The highest BCUT2D eigenvalue weighted by molar-refractivity contribution is 5.98. The number of rotatable bonds is 2. The molecule has 122 valence electrons. The van der Waals surface area contributed by atoms with Crippen molar-refractivity contribution in [3.8, 4) is 0 Å². The molecule has 0 spiro atoms. The monoisotopic (exact) mass is 312 g/mol. The summed E-state index contributed by atoms with van der Waals surface area (Å²) < 4.78 is 0. The van der Waals surface area contributed by atoms with Gasteiger partial charge in [-0.15, -0.1) is 0 Å². The molecule has 1 aliphatic heterocycles. The van der Waals surface area contributed by atoms with Crippen molar-refractivity contribution in [2.75, 3.05) is 18.6 Å². The van der Waals surface area contributed by atoms with Crippen LogP contribution in [0, 0.1) is 5.92 Å². The molecule has 2 aromatic rings. The summed E-state index contributed by atoms with van der Waals surface area (Å²) >= 11 is 0. The Hall–Kier alpha value is -2.07. The molecule has 0 unspecified atom stereocenters. The summed E-state index contributed by atoms with van der Waals surface area (Å²) in [6.45, 7) is 4.06. The Kier molecular flexibility index (Phi) is 4.26. The third-order valence-corrected chi connectivity index (χ3v) is 4.69. The lowest BCUT2D eigenvalue weighted by Gasteiger charge is -2.37. The van der Waals surface area contributed by atoms with E-state index in [1.807, 2.05) is 19.2 Å². The van der Waals surface area contributed by atoms with E-state index in [-0.39, 0.29) is 30.5 Å². The number of aliphatic hydroxyl groups is 1. The number of carbonyl (C=O) groups is 1. The van der Waals surface area contributed by atoms with Gasteiger partial charge >= 0.3 is 0 Å². The first-order valence-corrected chi connectivity index (χ1v) is 8.17. The van der Waals surface area contributed by atoms with Crippen LogP contribution in [0.2, 0.25) is 0 Å². The van der Waals surface area contributed by atoms with Gasteiger partial charge in [-0.3, -0.25) is 4.79 Å². The summed E-state index contributed by atoms with van der Waals surface area (Å²) in [5, 5.41) is 14.9. The Bertz CT molecular complexity index is 726. The van der Waals surface area contributed by atoms with Gasteiger partial charge in [-0.1, -0.05) is 50.2 Å². The zero-order valence-corrected chi connectivity index (χ0v) is 13.9. The molecule has 0 saturated heterocycles. The zero-order chi connectivity index (χ0) is 16.6. The lowest BCUT2D eigenvalue weighted by atomic mass is 9.92. The molecule has 2 aromatic carbocycles. The molecule has 1 amide bonds. The van der Waals surface area contributed by atoms with Gasteiger partial charge in [0.1, 0.15) is 6.04 Å². The Morgan fingerprint density at radius 2 is 2.00 bits per heavy atom. The molecule has 4 nitrogen and oxygen atoms in total. The second kappa shape index (κ2) is 6.20. The van der Waals surface area contributed by atoms with Crippen molar-refractivity contribution < 1.29 is 9.90 Å². The van der Waals surface area contributed by atoms with Crippen LogP contribution in [0.3, 0.4) is 0 Å². The smallest absolute Gasteiger partial charge is 0.243 e. The average molecular weight is 312 g/mol. The summed E-state index contributed by atoms with van der Waals surface area (Å²) in [5.74, 6) is 0.157. The topological polar surface area (TPSA) is 52.6 Å². The van der Waals surface area contributed by atoms with Crippen molar-refractivity contribution in [1.29, 1.82) is 0 Å². The van der Waals surface area contributed by atoms with Gasteiger partial charge in [0, 0.05) is 18.1 Å². The number of hydrogen-bond donors (Lipinski definition) is 2. The predicted octanol–water partition coefficient (Wildman–Crippen LogP) is 2.33. The van der Waals surface area contributed by atoms with Crippen LogP contribution in [0.1, 0.15) is 19.4 Å². The third-order valence-electron chi connectivity index (χ3n) is 4.69. The number of anilines is 1. The van der Waals surface area contributed by atoms with E-state index in [9.17, 15) is 9.90 Å². The first kappa shape index (κ1) is 15.8. The van der Waals surface area contributed by atoms with Crippen molar-refractivity contribution in [2.24, 2.45) is 5.92 Å². The molecule has 1 heterocycles. The quantitative estimate of drug-likeness (QED) is 0.895. The fraction of sp³-hybridized carbons (Fsp3) is 0.421. The first-order valence-electron chi connectivity index (χ1n) is 8.17. The lowest BCUT2D eigenvalue weighted by Crippen LogP contribution is -2.54. The van der Waals surface area contributed by atoms with E-state index in [0.29, 0.717) is 6.42 Å². The Balaban J connectivity index is 2.23. The van der Waals surface area contributed by atoms with Crippen molar-refractivity contribution in [3.05, 3.63) is 42.0 Å². The van der Waals surface area contributed by atoms with Gasteiger partial charge in [-0.2, -0.15) is 0 Å². The average Bonchev–Trinajstić information content (AvgIpc) is 2.52. The Morgan fingerprint density at radius 1 is 1.26 bits per heavy atom. The van der Waals surface area contributed by atoms with Gasteiger partial charge in [0.15, 0.2) is 0 Å². The molecule has 0 aliphatic carbocycles. The minimum Gasteiger partial charge on any atom is -0.394 e. The van der Waals surface area contributed by atoms with E-state index in [4.69, 9.17) is 0 Å². The highest BCUT2D eigenvalue weighted by Crippen LogP contribution is 2.34. The number of fused-ring (bicyclic) bond motifs is 3. The molecular weight excluding hydrogens is 288 g/mol. The van der Waals surface area contributed by atoms with Gasteiger partial charge in [0.2, 0.25) is 5.91 Å². The number of hydrogen-bond acceptors (Lipinski definition) is 3. The van der Waals surface area contributed by atoms with Gasteiger partial charge in [0.25, 0.3) is 0 Å². The van der Waals surface area contributed by atoms with Gasteiger partial charge in [-0.25, -0.2) is 0 Å². The molecule has 0 saturated carbocycles. The first-order chi connectivity index (χ1) is 11.0. The minimum absolute atomic E-state index is 0.0138. The number of nitrogens with one attached hydrogen (secondary N) is 1. The molecule has 0 radical (unpaired) electrons. The zero-order valence-electron chi connectivity index (χ0n) is 13.9. The largest absolute Gasteiger partial charge is 0.394 e. The standard InChI is InChI=1S/C19H24N2O2/c1-12(2)17-19(23)20-15(11-22)10-14-9-8-13-6-4-5-7-16(13)18(14)21(17)3/h4-9,12,15,17,22H,10-11H2,1-3H3,(H,20,23)/t15-,17-/m0/s1. The fourth-order valence-electron chi connectivity index (χ4n) is 3.66. The summed E-state index contributed by atoms with van der Waals surface area (Å²) in [5.41, 5.74) is 2.27. The fourth-order valence-corrected chi connectivity index (χ4v) is 3.66. The van der Waals surface area contributed by atoms with Crippen LogP contribution in [-0.4, -0.2) is 36.8 Å². The summed E-state index contributed by atoms with van der Waals surface area (Å²) in [6.07, 6.45) is 0.636. The van der Waals surface area contributed by atoms with Gasteiger partial charge in [-0.05, 0) is 23.3 Å². The van der Waals surface area contributed by atoms with Crippen LogP contribution in [-0.2, 0) is 11.2 Å². The molecule has 0 bridgehead atoms. The SMILES string of the molecule is CC(C)[C@H]1C(=O)N[C@H](CO)Cc2ccc3ccccc3c2N1C. The lowest BCUT2D eigenvalue weighted by molar-refractivity contribution is -0.124. The summed E-state index contributed by atoms with van der Waals surface area (Å²) in [7, 11) is 1.99. The molecule has 1 aliphatic rings. The van der Waals surface area contributed by atoms with Crippen molar-refractivity contribution in [2.45, 2.75) is 32.4 Å². The molecule has 23 heavy (non-hydrogen) atoms. The van der Waals surface area contributed by atoms with E-state index in [1.165, 1.54) is 5.39 Å². The summed E-state index contributed by atoms with van der Waals surface area (Å²) in [4.78, 5) is 14.8. The Labute approximate surface area is 137 Å². The molecule has 0 fully saturated rings. The van der Waals surface area contributed by atoms with Gasteiger partial charge < -0.3 is 15.3 Å². The van der Waals surface area contributed by atoms with Crippen LogP contribution in [0.15, 0.2) is 36.4 Å². The minimum atomic E-state index is -0.256. The third kappa shape index (κ3) is 2.79. The number of benzene rings is 2. The molecular formula is C19H24N2O2. The van der Waals surface area contributed by atoms with Crippen LogP contribution in [0.25, 0.3) is 10.8 Å². The number of amides is 1. The number of carbonyl (C=O) groups excluding carboxylic acids is 1. The summed E-state index contributed by atoms with van der Waals surface area (Å²) in [6, 6.07) is 12.0. The normalized spacial score (nSPS) is 21.8. The number of aliphatic hydroxyl groups excluding tert-OH is 1. The number of likely N-dealkylation sites (N-methyl/N-ethyl adjacent to an activating group) is 1.